The van der Waals surface area contributed by atoms with Gasteiger partial charge in [-0.25, -0.2) is 0 Å². The van der Waals surface area contributed by atoms with E-state index in [1.807, 2.05) is 4.90 Å². The molecule has 7 nitrogen and oxygen atoms in total. The normalized spacial score (nSPS) is 31.5. The molecule has 0 aromatic heterocycles. The van der Waals surface area contributed by atoms with Crippen molar-refractivity contribution >= 4 is 7.60 Å². The van der Waals surface area contributed by atoms with E-state index in [9.17, 15) is 14.4 Å². The Kier molecular flexibility index (Phi) is 6.83. The molecule has 2 bridgehead atoms. The fourth-order valence-electron chi connectivity index (χ4n) is 3.42. The van der Waals surface area contributed by atoms with Gasteiger partial charge in [0.25, 0.3) is 0 Å². The molecule has 2 fully saturated rings. The number of hydrogen-bond acceptors (Lipinski definition) is 5. The van der Waals surface area contributed by atoms with Crippen LogP contribution in [0, 0.1) is 0 Å². The number of fused-ring (bicyclic) bond motifs is 2. The third-order valence-electron chi connectivity index (χ3n) is 4.63. The molecule has 0 spiro atoms. The van der Waals surface area contributed by atoms with Gasteiger partial charge < -0.3 is 24.9 Å². The second-order valence-electron chi connectivity index (χ2n) is 6.94. The van der Waals surface area contributed by atoms with Gasteiger partial charge in [0.15, 0.2) is 0 Å². The Labute approximate surface area is 133 Å². The summed E-state index contributed by atoms with van der Waals surface area (Å²) in [4.78, 5) is 25.2. The molecule has 0 saturated carbocycles. The molecular weight excluding hydrogens is 303 g/mol. The fraction of sp³-hybridized carbons (Fsp3) is 1.00. The van der Waals surface area contributed by atoms with Crippen LogP contribution < -0.4 is 5.32 Å². The highest BCUT2D eigenvalue weighted by Gasteiger charge is 2.27. The smallest absolute Gasteiger partial charge is 0.324 e. The van der Waals surface area contributed by atoms with Crippen molar-refractivity contribution in [3.63, 3.8) is 0 Å². The van der Waals surface area contributed by atoms with Gasteiger partial charge in [-0.05, 0) is 26.9 Å². The summed E-state index contributed by atoms with van der Waals surface area (Å²) in [6, 6.07) is 0.828. The largest absolute Gasteiger partial charge is 0.339 e. The molecule has 8 heteroatoms. The molecule has 2 unspecified atom stereocenters. The molecule has 2 rings (SSSR count). The zero-order valence-corrected chi connectivity index (χ0v) is 14.7. The first-order chi connectivity index (χ1) is 10.3. The second kappa shape index (κ2) is 8.20. The molecule has 2 aliphatic heterocycles. The van der Waals surface area contributed by atoms with Gasteiger partial charge in [0.1, 0.15) is 6.29 Å². The Morgan fingerprint density at radius 3 is 2.27 bits per heavy atom. The van der Waals surface area contributed by atoms with E-state index in [4.69, 9.17) is 0 Å². The van der Waals surface area contributed by atoms with Crippen LogP contribution in [0.3, 0.4) is 0 Å². The molecule has 2 aliphatic rings. The predicted molar refractivity (Wildman–Crippen MR) is 88.0 cm³/mol. The first-order valence-electron chi connectivity index (χ1n) is 8.22. The van der Waals surface area contributed by atoms with Crippen LogP contribution in [-0.2, 0) is 4.57 Å². The standard InChI is InChI=1S/C14H31N4O3P/c1-16-6-7-17(2)10-13-4-3-5-14(15-13)11-18(9-8-16)12-22(19,20)21/h13-15H,3-12H2,1-2H3,(H2,19,20,21). The number of hydrogen-bond donors (Lipinski definition) is 3. The molecule has 130 valence electrons. The third kappa shape index (κ3) is 6.62. The number of nitrogens with zero attached hydrogens (tertiary/aromatic N) is 3. The van der Waals surface area contributed by atoms with E-state index < -0.39 is 7.60 Å². The van der Waals surface area contributed by atoms with E-state index in [0.717, 1.165) is 39.1 Å². The van der Waals surface area contributed by atoms with Gasteiger partial charge in [-0.3, -0.25) is 9.46 Å². The van der Waals surface area contributed by atoms with Crippen molar-refractivity contribution in [3.8, 4) is 0 Å². The molecule has 0 radical (unpaired) electrons. The molecular formula is C14H31N4O3P. The Morgan fingerprint density at radius 1 is 1.00 bits per heavy atom. The maximum Gasteiger partial charge on any atom is 0.339 e. The summed E-state index contributed by atoms with van der Waals surface area (Å²) in [6.45, 7) is 5.31. The zero-order chi connectivity index (χ0) is 16.2. The summed E-state index contributed by atoms with van der Waals surface area (Å²) in [6.07, 6.45) is 3.34. The highest BCUT2D eigenvalue weighted by atomic mass is 31.2. The van der Waals surface area contributed by atoms with Crippen LogP contribution in [-0.4, -0.2) is 96.2 Å². The minimum Gasteiger partial charge on any atom is -0.324 e. The molecule has 0 amide bonds. The number of piperidine rings is 1. The molecule has 0 aromatic rings. The summed E-state index contributed by atoms with van der Waals surface area (Å²) in [5.41, 5.74) is 0. The van der Waals surface area contributed by atoms with Crippen molar-refractivity contribution < 1.29 is 14.4 Å². The predicted octanol–water partition coefficient (Wildman–Crippen LogP) is -0.188. The molecule has 0 aromatic carbocycles. The van der Waals surface area contributed by atoms with Crippen molar-refractivity contribution in [1.82, 2.24) is 20.0 Å². The maximum atomic E-state index is 11.4. The fourth-order valence-corrected chi connectivity index (χ4v) is 4.20. The monoisotopic (exact) mass is 334 g/mol. The van der Waals surface area contributed by atoms with E-state index in [1.54, 1.807) is 0 Å². The van der Waals surface area contributed by atoms with Crippen molar-refractivity contribution in [3.05, 3.63) is 0 Å². The lowest BCUT2D eigenvalue weighted by Crippen LogP contribution is -2.53. The van der Waals surface area contributed by atoms with E-state index in [2.05, 4.69) is 29.2 Å². The zero-order valence-electron chi connectivity index (χ0n) is 13.8. The van der Waals surface area contributed by atoms with Crippen LogP contribution in [0.15, 0.2) is 0 Å². The lowest BCUT2D eigenvalue weighted by atomic mass is 9.97. The number of likely N-dealkylation sites (N-methyl/N-ethyl adjacent to an activating group) is 2. The summed E-state index contributed by atoms with van der Waals surface area (Å²) in [7, 11) is 0.245. The van der Waals surface area contributed by atoms with Crippen LogP contribution in [0.4, 0.5) is 0 Å². The first kappa shape index (κ1) is 18.3. The Balaban J connectivity index is 2.02. The molecule has 3 N–H and O–H groups in total. The van der Waals surface area contributed by atoms with Crippen molar-refractivity contribution in [1.29, 1.82) is 0 Å². The lowest BCUT2D eigenvalue weighted by Gasteiger charge is -2.38. The van der Waals surface area contributed by atoms with E-state index in [0.29, 0.717) is 18.6 Å². The average molecular weight is 334 g/mol. The van der Waals surface area contributed by atoms with Crippen molar-refractivity contribution in [2.75, 3.05) is 59.6 Å². The van der Waals surface area contributed by atoms with Gasteiger partial charge >= 0.3 is 7.60 Å². The molecule has 0 aliphatic carbocycles. The van der Waals surface area contributed by atoms with Gasteiger partial charge in [-0.2, -0.15) is 0 Å². The maximum absolute atomic E-state index is 11.4. The van der Waals surface area contributed by atoms with E-state index in [1.165, 1.54) is 12.8 Å². The van der Waals surface area contributed by atoms with Gasteiger partial charge in [0, 0.05) is 51.4 Å². The SMILES string of the molecule is CN1CCN(C)CC2CCCC(CN(CP(=O)(O)O)CC1)N2. The first-order valence-corrected chi connectivity index (χ1v) is 10.0. The van der Waals surface area contributed by atoms with Gasteiger partial charge in [-0.15, -0.1) is 0 Å². The van der Waals surface area contributed by atoms with Crippen LogP contribution in [0.25, 0.3) is 0 Å². The highest BCUT2D eigenvalue weighted by Crippen LogP contribution is 2.35. The summed E-state index contributed by atoms with van der Waals surface area (Å²) in [5, 5.41) is 3.68. The minimum atomic E-state index is -4.00. The lowest BCUT2D eigenvalue weighted by molar-refractivity contribution is 0.156. The van der Waals surface area contributed by atoms with Crippen LogP contribution in [0.1, 0.15) is 19.3 Å². The van der Waals surface area contributed by atoms with Gasteiger partial charge in [0.05, 0.1) is 0 Å². The molecule has 22 heavy (non-hydrogen) atoms. The van der Waals surface area contributed by atoms with Crippen LogP contribution in [0.5, 0.6) is 0 Å². The second-order valence-corrected chi connectivity index (χ2v) is 8.55. The van der Waals surface area contributed by atoms with Crippen molar-refractivity contribution in [2.45, 2.75) is 31.3 Å². The quantitative estimate of drug-likeness (QED) is 0.604. The minimum absolute atomic E-state index is 0.135. The van der Waals surface area contributed by atoms with E-state index >= 15 is 0 Å². The Hall–Kier alpha value is -0.0100. The molecule has 2 atom stereocenters. The summed E-state index contributed by atoms with van der Waals surface area (Å²) < 4.78 is 11.4. The summed E-state index contributed by atoms with van der Waals surface area (Å²) in [5.74, 6) is 0. The highest BCUT2D eigenvalue weighted by molar-refractivity contribution is 7.51. The van der Waals surface area contributed by atoms with E-state index in [-0.39, 0.29) is 6.29 Å². The molecule has 2 saturated heterocycles. The van der Waals surface area contributed by atoms with Crippen LogP contribution >= 0.6 is 7.60 Å². The number of rotatable bonds is 2. The third-order valence-corrected chi connectivity index (χ3v) is 5.40. The van der Waals surface area contributed by atoms with Gasteiger partial charge in [-0.1, -0.05) is 6.42 Å². The Morgan fingerprint density at radius 2 is 1.59 bits per heavy atom. The van der Waals surface area contributed by atoms with Crippen molar-refractivity contribution in [2.24, 2.45) is 0 Å². The van der Waals surface area contributed by atoms with Crippen LogP contribution in [0.2, 0.25) is 0 Å². The van der Waals surface area contributed by atoms with Gasteiger partial charge in [0.2, 0.25) is 0 Å². The number of nitrogens with one attached hydrogen (secondary N) is 1. The topological polar surface area (TPSA) is 79.3 Å². The summed E-state index contributed by atoms with van der Waals surface area (Å²) >= 11 is 0. The Bertz CT molecular complexity index is 392. The average Bonchev–Trinajstić information content (AvgIpc) is 2.40. The molecule has 2 heterocycles.